The minimum Gasteiger partial charge on any atom is -0.344 e. The van der Waals surface area contributed by atoms with Gasteiger partial charge in [0.2, 0.25) is 0 Å². The lowest BCUT2D eigenvalue weighted by molar-refractivity contribution is 0.809. The molecule has 82 valence electrons. The molecule has 1 rings (SSSR count). The summed E-state index contributed by atoms with van der Waals surface area (Å²) >= 11 is 6.08. The van der Waals surface area contributed by atoms with Gasteiger partial charge in [-0.1, -0.05) is 24.4 Å². The van der Waals surface area contributed by atoms with Gasteiger partial charge in [0, 0.05) is 12.7 Å². The van der Waals surface area contributed by atoms with Crippen molar-refractivity contribution in [1.29, 1.82) is 5.26 Å². The van der Waals surface area contributed by atoms with E-state index in [2.05, 4.69) is 10.9 Å². The van der Waals surface area contributed by atoms with Gasteiger partial charge in [-0.05, 0) is 12.5 Å². The zero-order valence-electron chi connectivity index (χ0n) is 9.07. The van der Waals surface area contributed by atoms with Crippen LogP contribution in [-0.2, 0) is 0 Å². The maximum Gasteiger partial charge on any atom is 0.149 e. The van der Waals surface area contributed by atoms with Crippen LogP contribution in [0.4, 0.5) is 5.82 Å². The molecule has 0 aromatic carbocycles. The molecular formula is C12H12ClN3. The minimum absolute atomic E-state index is 0.369. The summed E-state index contributed by atoms with van der Waals surface area (Å²) in [5.41, 5.74) is 0.421. The van der Waals surface area contributed by atoms with Crippen LogP contribution in [0.15, 0.2) is 12.3 Å². The molecule has 0 amide bonds. The first-order chi connectivity index (χ1) is 7.74. The lowest BCUT2D eigenvalue weighted by atomic mass is 10.2. The molecule has 1 aromatic heterocycles. The van der Waals surface area contributed by atoms with Crippen LogP contribution in [0.2, 0.25) is 5.02 Å². The van der Waals surface area contributed by atoms with Gasteiger partial charge in [-0.15, -0.1) is 6.42 Å². The summed E-state index contributed by atoms with van der Waals surface area (Å²) in [7, 11) is 0. The summed E-state index contributed by atoms with van der Waals surface area (Å²) < 4.78 is 0. The van der Waals surface area contributed by atoms with Crippen molar-refractivity contribution in [3.8, 4) is 18.4 Å². The highest BCUT2D eigenvalue weighted by Gasteiger charge is 2.13. The van der Waals surface area contributed by atoms with Crippen molar-refractivity contribution in [3.05, 3.63) is 22.8 Å². The maximum atomic E-state index is 8.86. The lowest BCUT2D eigenvalue weighted by Crippen LogP contribution is -2.25. The van der Waals surface area contributed by atoms with E-state index in [4.69, 9.17) is 23.3 Å². The average Bonchev–Trinajstić information content (AvgIpc) is 2.29. The van der Waals surface area contributed by atoms with Crippen LogP contribution in [-0.4, -0.2) is 18.1 Å². The van der Waals surface area contributed by atoms with Crippen molar-refractivity contribution in [2.45, 2.75) is 13.3 Å². The highest BCUT2D eigenvalue weighted by atomic mass is 35.5. The molecule has 4 heteroatoms. The third-order valence-electron chi connectivity index (χ3n) is 2.07. The first-order valence-electron chi connectivity index (χ1n) is 4.97. The molecule has 0 unspecified atom stereocenters. The van der Waals surface area contributed by atoms with Gasteiger partial charge in [0.05, 0.1) is 12.1 Å². The highest BCUT2D eigenvalue weighted by Crippen LogP contribution is 2.26. The molecular weight excluding hydrogens is 222 g/mol. The van der Waals surface area contributed by atoms with E-state index in [-0.39, 0.29) is 0 Å². The predicted molar refractivity (Wildman–Crippen MR) is 65.3 cm³/mol. The van der Waals surface area contributed by atoms with Gasteiger partial charge in [0.15, 0.2) is 0 Å². The Balaban J connectivity index is 3.10. The Morgan fingerprint density at radius 3 is 2.94 bits per heavy atom. The molecule has 0 radical (unpaired) electrons. The molecule has 0 saturated heterocycles. The second-order valence-corrected chi connectivity index (χ2v) is 3.61. The number of hydrogen-bond donors (Lipinski definition) is 0. The second kappa shape index (κ2) is 6.00. The molecule has 0 spiro atoms. The van der Waals surface area contributed by atoms with E-state index < -0.39 is 0 Å². The van der Waals surface area contributed by atoms with E-state index in [0.29, 0.717) is 22.9 Å². The SMILES string of the molecule is C#CCN(CCC)c1nccc(C#N)c1Cl. The zero-order chi connectivity index (χ0) is 12.0. The zero-order valence-corrected chi connectivity index (χ0v) is 9.83. The Bertz CT molecular complexity index is 443. The van der Waals surface area contributed by atoms with E-state index in [1.165, 1.54) is 0 Å². The first-order valence-corrected chi connectivity index (χ1v) is 5.35. The minimum atomic E-state index is 0.369. The number of pyridine rings is 1. The van der Waals surface area contributed by atoms with Crippen LogP contribution in [0.25, 0.3) is 0 Å². The maximum absolute atomic E-state index is 8.86. The Hall–Kier alpha value is -1.71. The molecule has 0 bridgehead atoms. The number of rotatable bonds is 4. The molecule has 3 nitrogen and oxygen atoms in total. The number of nitrogens with zero attached hydrogens (tertiary/aromatic N) is 3. The van der Waals surface area contributed by atoms with Gasteiger partial charge in [-0.25, -0.2) is 4.98 Å². The average molecular weight is 234 g/mol. The van der Waals surface area contributed by atoms with E-state index >= 15 is 0 Å². The van der Waals surface area contributed by atoms with Crippen molar-refractivity contribution in [3.63, 3.8) is 0 Å². The second-order valence-electron chi connectivity index (χ2n) is 3.23. The van der Waals surface area contributed by atoms with Crippen LogP contribution < -0.4 is 4.90 Å². The summed E-state index contributed by atoms with van der Waals surface area (Å²) in [4.78, 5) is 6.06. The van der Waals surface area contributed by atoms with E-state index in [1.807, 2.05) is 17.9 Å². The van der Waals surface area contributed by atoms with Gasteiger partial charge >= 0.3 is 0 Å². The molecule has 0 saturated carbocycles. The smallest absolute Gasteiger partial charge is 0.149 e. The summed E-state index contributed by atoms with van der Waals surface area (Å²) in [6.45, 7) is 3.26. The van der Waals surface area contributed by atoms with Crippen LogP contribution >= 0.6 is 11.6 Å². The summed E-state index contributed by atoms with van der Waals surface area (Å²) in [6, 6.07) is 3.61. The van der Waals surface area contributed by atoms with Crippen molar-refractivity contribution in [2.75, 3.05) is 18.0 Å². The Morgan fingerprint density at radius 2 is 2.38 bits per heavy atom. The van der Waals surface area contributed by atoms with Crippen LogP contribution in [0, 0.1) is 23.7 Å². The molecule has 16 heavy (non-hydrogen) atoms. The van der Waals surface area contributed by atoms with Crippen molar-refractivity contribution in [2.24, 2.45) is 0 Å². The lowest BCUT2D eigenvalue weighted by Gasteiger charge is -2.21. The number of terminal acetylenes is 1. The van der Waals surface area contributed by atoms with Gasteiger partial charge in [0.25, 0.3) is 0 Å². The summed E-state index contributed by atoms with van der Waals surface area (Å²) in [5.74, 6) is 3.14. The van der Waals surface area contributed by atoms with Crippen LogP contribution in [0.3, 0.4) is 0 Å². The fourth-order valence-electron chi connectivity index (χ4n) is 1.38. The summed E-state index contributed by atoms with van der Waals surface area (Å²) in [6.07, 6.45) is 7.80. The van der Waals surface area contributed by atoms with Gasteiger partial charge in [-0.3, -0.25) is 0 Å². The first kappa shape index (κ1) is 12.4. The Morgan fingerprint density at radius 1 is 1.62 bits per heavy atom. The molecule has 0 N–H and O–H groups in total. The molecule has 1 heterocycles. The molecule has 0 aliphatic carbocycles. The third kappa shape index (κ3) is 2.66. The van der Waals surface area contributed by atoms with Gasteiger partial charge in [0.1, 0.15) is 16.9 Å². The monoisotopic (exact) mass is 233 g/mol. The summed E-state index contributed by atoms with van der Waals surface area (Å²) in [5, 5.41) is 9.23. The number of hydrogen-bond acceptors (Lipinski definition) is 3. The number of aromatic nitrogens is 1. The predicted octanol–water partition coefficient (Wildman–Crippen LogP) is 2.46. The van der Waals surface area contributed by atoms with Crippen molar-refractivity contribution in [1.82, 2.24) is 4.98 Å². The van der Waals surface area contributed by atoms with Gasteiger partial charge in [-0.2, -0.15) is 5.26 Å². The standard InChI is InChI=1S/C12H12ClN3/c1-3-7-16(8-4-2)12-11(13)10(9-14)5-6-15-12/h1,5-6H,4,7-8H2,2H3. The normalized spacial score (nSPS) is 9.25. The van der Waals surface area contributed by atoms with Crippen molar-refractivity contribution < 1.29 is 0 Å². The van der Waals surface area contributed by atoms with E-state index in [9.17, 15) is 0 Å². The van der Waals surface area contributed by atoms with E-state index in [1.54, 1.807) is 12.3 Å². The number of halogens is 1. The number of nitriles is 1. The van der Waals surface area contributed by atoms with Crippen LogP contribution in [0.5, 0.6) is 0 Å². The molecule has 0 aliphatic rings. The Kier molecular flexibility index (Phi) is 4.64. The number of anilines is 1. The van der Waals surface area contributed by atoms with Crippen LogP contribution in [0.1, 0.15) is 18.9 Å². The molecule has 1 aromatic rings. The fourth-order valence-corrected chi connectivity index (χ4v) is 1.65. The van der Waals surface area contributed by atoms with Crippen molar-refractivity contribution >= 4 is 17.4 Å². The topological polar surface area (TPSA) is 39.9 Å². The molecule has 0 aliphatic heterocycles. The van der Waals surface area contributed by atoms with E-state index in [0.717, 1.165) is 13.0 Å². The molecule has 0 atom stereocenters. The highest BCUT2D eigenvalue weighted by molar-refractivity contribution is 6.34. The Labute approximate surface area is 101 Å². The largest absolute Gasteiger partial charge is 0.344 e. The quantitative estimate of drug-likeness (QED) is 0.750. The molecule has 0 fully saturated rings. The van der Waals surface area contributed by atoms with Gasteiger partial charge < -0.3 is 4.90 Å². The third-order valence-corrected chi connectivity index (χ3v) is 2.44. The fraction of sp³-hybridized carbons (Fsp3) is 0.333.